The minimum Gasteiger partial charge on any atom is -0.397 e. The fourth-order valence-corrected chi connectivity index (χ4v) is 1.85. The van der Waals surface area contributed by atoms with Crippen LogP contribution in [0.5, 0.6) is 0 Å². The molecule has 0 amide bonds. The van der Waals surface area contributed by atoms with Gasteiger partial charge < -0.3 is 5.73 Å². The van der Waals surface area contributed by atoms with Crippen LogP contribution in [0.4, 0.5) is 5.69 Å². The summed E-state index contributed by atoms with van der Waals surface area (Å²) < 4.78 is 0.958. The third-order valence-electron chi connectivity index (χ3n) is 1.02. The van der Waals surface area contributed by atoms with Crippen LogP contribution in [0.3, 0.4) is 0 Å². The number of hydrogen-bond acceptors (Lipinski definition) is 3. The standard InChI is InChI=1S/C6H7BrN2S/c1-10-6-5(7)2-4(8)3-9-6/h2-3H,8H2,1H3. The molecule has 0 unspecified atom stereocenters. The maximum atomic E-state index is 5.48. The number of nitrogens with zero attached hydrogens (tertiary/aromatic N) is 1. The van der Waals surface area contributed by atoms with Crippen LogP contribution in [0, 0.1) is 0 Å². The van der Waals surface area contributed by atoms with Crippen LogP contribution in [0.1, 0.15) is 0 Å². The fraction of sp³-hybridized carbons (Fsp3) is 0.167. The smallest absolute Gasteiger partial charge is 0.110 e. The van der Waals surface area contributed by atoms with Gasteiger partial charge in [-0.05, 0) is 28.3 Å². The van der Waals surface area contributed by atoms with Crippen molar-refractivity contribution in [1.29, 1.82) is 0 Å². The van der Waals surface area contributed by atoms with Crippen LogP contribution in [0.25, 0.3) is 0 Å². The van der Waals surface area contributed by atoms with Crippen LogP contribution in [-0.2, 0) is 0 Å². The second-order valence-corrected chi connectivity index (χ2v) is 3.41. The lowest BCUT2D eigenvalue weighted by Gasteiger charge is -1.98. The minimum atomic E-state index is 0.685. The first-order valence-corrected chi connectivity index (χ1v) is 4.71. The van der Waals surface area contributed by atoms with Gasteiger partial charge in [-0.2, -0.15) is 0 Å². The molecule has 0 aliphatic carbocycles. The van der Waals surface area contributed by atoms with Gasteiger partial charge in [0.2, 0.25) is 0 Å². The number of nitrogen functional groups attached to an aromatic ring is 1. The van der Waals surface area contributed by atoms with Gasteiger partial charge in [0.25, 0.3) is 0 Å². The molecule has 0 fully saturated rings. The van der Waals surface area contributed by atoms with Crippen LogP contribution < -0.4 is 5.73 Å². The SMILES string of the molecule is CSc1ncc(N)cc1Br. The van der Waals surface area contributed by atoms with Crippen molar-refractivity contribution in [2.24, 2.45) is 0 Å². The van der Waals surface area contributed by atoms with E-state index in [2.05, 4.69) is 20.9 Å². The molecule has 0 spiro atoms. The molecule has 1 heterocycles. The summed E-state index contributed by atoms with van der Waals surface area (Å²) in [6, 6.07) is 1.85. The van der Waals surface area contributed by atoms with Gasteiger partial charge in [-0.25, -0.2) is 4.98 Å². The van der Waals surface area contributed by atoms with E-state index >= 15 is 0 Å². The molecular weight excluding hydrogens is 212 g/mol. The number of halogens is 1. The van der Waals surface area contributed by atoms with Gasteiger partial charge in [0.05, 0.1) is 16.4 Å². The Bertz CT molecular complexity index is 239. The molecule has 2 nitrogen and oxygen atoms in total. The van der Waals surface area contributed by atoms with Gasteiger partial charge in [-0.3, -0.25) is 0 Å². The van der Waals surface area contributed by atoms with Crippen molar-refractivity contribution < 1.29 is 0 Å². The number of thioether (sulfide) groups is 1. The average Bonchev–Trinajstić information content (AvgIpc) is 1.88. The van der Waals surface area contributed by atoms with Gasteiger partial charge in [0.15, 0.2) is 0 Å². The summed E-state index contributed by atoms with van der Waals surface area (Å²) in [5.74, 6) is 0. The Labute approximate surface area is 72.3 Å². The van der Waals surface area contributed by atoms with Crippen molar-refractivity contribution in [1.82, 2.24) is 4.98 Å². The van der Waals surface area contributed by atoms with Crippen molar-refractivity contribution in [2.45, 2.75) is 5.03 Å². The van der Waals surface area contributed by atoms with Crippen molar-refractivity contribution in [3.63, 3.8) is 0 Å². The van der Waals surface area contributed by atoms with E-state index in [-0.39, 0.29) is 0 Å². The molecule has 0 aliphatic rings. The largest absolute Gasteiger partial charge is 0.397 e. The summed E-state index contributed by atoms with van der Waals surface area (Å²) >= 11 is 4.93. The molecule has 1 aromatic rings. The Balaban J connectivity index is 3.07. The molecule has 0 radical (unpaired) electrons. The Hall–Kier alpha value is -0.220. The predicted octanol–water partition coefficient (Wildman–Crippen LogP) is 2.15. The molecule has 0 aliphatic heterocycles. The van der Waals surface area contributed by atoms with E-state index in [4.69, 9.17) is 5.73 Å². The van der Waals surface area contributed by atoms with Gasteiger partial charge in [0.1, 0.15) is 5.03 Å². The molecule has 1 aromatic heterocycles. The van der Waals surface area contributed by atoms with E-state index in [9.17, 15) is 0 Å². The molecule has 4 heteroatoms. The second-order valence-electron chi connectivity index (χ2n) is 1.76. The third-order valence-corrected chi connectivity index (χ3v) is 2.60. The van der Waals surface area contributed by atoms with E-state index in [0.29, 0.717) is 5.69 Å². The first kappa shape index (κ1) is 7.88. The highest BCUT2D eigenvalue weighted by Gasteiger charge is 1.97. The van der Waals surface area contributed by atoms with Crippen molar-refractivity contribution >= 4 is 33.4 Å². The Kier molecular flexibility index (Phi) is 2.56. The van der Waals surface area contributed by atoms with Crippen LogP contribution in [-0.4, -0.2) is 11.2 Å². The maximum absolute atomic E-state index is 5.48. The van der Waals surface area contributed by atoms with Gasteiger partial charge in [-0.15, -0.1) is 11.8 Å². The van der Waals surface area contributed by atoms with E-state index in [1.54, 1.807) is 18.0 Å². The maximum Gasteiger partial charge on any atom is 0.110 e. The number of anilines is 1. The summed E-state index contributed by atoms with van der Waals surface area (Å²) in [6.45, 7) is 0. The van der Waals surface area contributed by atoms with Gasteiger partial charge in [0, 0.05) is 0 Å². The molecule has 0 aromatic carbocycles. The number of nitrogens with two attached hydrogens (primary N) is 1. The summed E-state index contributed by atoms with van der Waals surface area (Å²) in [6.07, 6.45) is 3.62. The fourth-order valence-electron chi connectivity index (χ4n) is 0.590. The quantitative estimate of drug-likeness (QED) is 0.735. The molecule has 2 N–H and O–H groups in total. The zero-order valence-electron chi connectivity index (χ0n) is 5.47. The number of aromatic nitrogens is 1. The average molecular weight is 219 g/mol. The second kappa shape index (κ2) is 3.25. The van der Waals surface area contributed by atoms with E-state index in [1.807, 2.05) is 12.3 Å². The number of rotatable bonds is 1. The van der Waals surface area contributed by atoms with Crippen molar-refractivity contribution in [3.8, 4) is 0 Å². The topological polar surface area (TPSA) is 38.9 Å². The number of hydrogen-bond donors (Lipinski definition) is 1. The summed E-state index contributed by atoms with van der Waals surface area (Å²) in [7, 11) is 0. The van der Waals surface area contributed by atoms with Crippen LogP contribution >= 0.6 is 27.7 Å². The highest BCUT2D eigenvalue weighted by molar-refractivity contribution is 9.10. The third kappa shape index (κ3) is 1.64. The molecule has 10 heavy (non-hydrogen) atoms. The molecular formula is C6H7BrN2S. The lowest BCUT2D eigenvalue weighted by Crippen LogP contribution is -1.87. The Morgan fingerprint density at radius 2 is 2.40 bits per heavy atom. The van der Waals surface area contributed by atoms with Gasteiger partial charge >= 0.3 is 0 Å². The minimum absolute atomic E-state index is 0.685. The van der Waals surface area contributed by atoms with Crippen LogP contribution in [0.15, 0.2) is 21.8 Å². The summed E-state index contributed by atoms with van der Waals surface area (Å²) in [5, 5.41) is 0.967. The first-order valence-electron chi connectivity index (χ1n) is 2.69. The van der Waals surface area contributed by atoms with E-state index in [1.165, 1.54) is 0 Å². The normalized spacial score (nSPS) is 9.80. The lowest BCUT2D eigenvalue weighted by molar-refractivity contribution is 1.12. The van der Waals surface area contributed by atoms with E-state index < -0.39 is 0 Å². The molecule has 54 valence electrons. The zero-order valence-corrected chi connectivity index (χ0v) is 7.87. The summed E-state index contributed by atoms with van der Waals surface area (Å²) in [4.78, 5) is 4.09. The number of pyridine rings is 1. The van der Waals surface area contributed by atoms with E-state index in [0.717, 1.165) is 9.50 Å². The first-order chi connectivity index (χ1) is 4.74. The molecule has 0 saturated carbocycles. The predicted molar refractivity (Wildman–Crippen MR) is 48.1 cm³/mol. The monoisotopic (exact) mass is 218 g/mol. The molecule has 0 bridgehead atoms. The van der Waals surface area contributed by atoms with Gasteiger partial charge in [-0.1, -0.05) is 0 Å². The lowest BCUT2D eigenvalue weighted by atomic mass is 10.4. The van der Waals surface area contributed by atoms with Crippen molar-refractivity contribution in [3.05, 3.63) is 16.7 Å². The Morgan fingerprint density at radius 1 is 1.70 bits per heavy atom. The van der Waals surface area contributed by atoms with Crippen molar-refractivity contribution in [2.75, 3.05) is 12.0 Å². The molecule has 1 rings (SSSR count). The van der Waals surface area contributed by atoms with Crippen LogP contribution in [0.2, 0.25) is 0 Å². The highest BCUT2D eigenvalue weighted by Crippen LogP contribution is 2.24. The zero-order chi connectivity index (χ0) is 7.56. The molecule has 0 saturated heterocycles. The Morgan fingerprint density at radius 3 is 2.90 bits per heavy atom. The summed E-state index contributed by atoms with van der Waals surface area (Å²) in [5.41, 5.74) is 6.17. The highest BCUT2D eigenvalue weighted by atomic mass is 79.9. The molecule has 0 atom stereocenters.